The van der Waals surface area contributed by atoms with Crippen molar-refractivity contribution in [3.05, 3.63) is 24.0 Å². The van der Waals surface area contributed by atoms with E-state index < -0.39 is 0 Å². The Balaban J connectivity index is 1.46. The molecule has 2 saturated heterocycles. The molecule has 6 heteroatoms. The molecule has 138 valence electrons. The van der Waals surface area contributed by atoms with Gasteiger partial charge in [0.05, 0.1) is 13.1 Å². The van der Waals surface area contributed by atoms with Crippen LogP contribution in [0.2, 0.25) is 0 Å². The van der Waals surface area contributed by atoms with Crippen LogP contribution < -0.4 is 5.32 Å². The van der Waals surface area contributed by atoms with Crippen LogP contribution in [0.15, 0.2) is 18.3 Å². The Morgan fingerprint density at radius 3 is 2.80 bits per heavy atom. The van der Waals surface area contributed by atoms with E-state index in [0.29, 0.717) is 43.6 Å². The van der Waals surface area contributed by atoms with Gasteiger partial charge < -0.3 is 19.5 Å². The molecule has 0 radical (unpaired) electrons. The highest BCUT2D eigenvalue weighted by molar-refractivity contribution is 5.92. The number of hydrogen-bond acceptors (Lipinski definition) is 3. The zero-order chi connectivity index (χ0) is 18.0. The second-order valence-electron chi connectivity index (χ2n) is 7.80. The Bertz CT molecular complexity index is 632. The summed E-state index contributed by atoms with van der Waals surface area (Å²) in [6.07, 6.45) is 4.37. The first kappa shape index (κ1) is 18.0. The molecule has 0 unspecified atom stereocenters. The quantitative estimate of drug-likeness (QED) is 0.854. The third kappa shape index (κ3) is 3.73. The first-order valence-corrected chi connectivity index (χ1v) is 9.22. The predicted molar refractivity (Wildman–Crippen MR) is 95.2 cm³/mol. The second kappa shape index (κ2) is 7.20. The van der Waals surface area contributed by atoms with Crippen LogP contribution in [0.25, 0.3) is 0 Å². The first-order valence-electron chi connectivity index (χ1n) is 9.22. The predicted octanol–water partition coefficient (Wildman–Crippen LogP) is 1.81. The van der Waals surface area contributed by atoms with E-state index in [2.05, 4.69) is 19.2 Å². The largest absolute Gasteiger partial charge is 0.371 e. The van der Waals surface area contributed by atoms with Gasteiger partial charge in [0.15, 0.2) is 0 Å². The van der Waals surface area contributed by atoms with Crippen LogP contribution in [0, 0.1) is 11.8 Å². The van der Waals surface area contributed by atoms with Crippen molar-refractivity contribution < 1.29 is 14.3 Å². The number of nitrogens with zero attached hydrogens (tertiary/aromatic N) is 2. The number of aromatic nitrogens is 1. The van der Waals surface area contributed by atoms with Gasteiger partial charge in [-0.05, 0) is 36.8 Å². The third-order valence-electron chi connectivity index (χ3n) is 5.41. The maximum absolute atomic E-state index is 12.2. The van der Waals surface area contributed by atoms with Crippen molar-refractivity contribution >= 4 is 11.8 Å². The highest BCUT2D eigenvalue weighted by atomic mass is 16.5. The van der Waals surface area contributed by atoms with E-state index in [1.54, 1.807) is 0 Å². The molecule has 2 amide bonds. The minimum absolute atomic E-state index is 0.0391. The number of likely N-dealkylation sites (tertiary alicyclic amines) is 1. The number of hydrogen-bond donors (Lipinski definition) is 1. The molecule has 1 aromatic heterocycles. The minimum Gasteiger partial charge on any atom is -0.371 e. The molecule has 3 rings (SSSR count). The van der Waals surface area contributed by atoms with E-state index in [4.69, 9.17) is 4.74 Å². The van der Waals surface area contributed by atoms with Crippen LogP contribution in [0.4, 0.5) is 0 Å². The van der Waals surface area contributed by atoms with E-state index >= 15 is 0 Å². The molecule has 25 heavy (non-hydrogen) atoms. The molecule has 0 bridgehead atoms. The number of carbonyl (C=O) groups excluding carboxylic acids is 2. The summed E-state index contributed by atoms with van der Waals surface area (Å²) in [5.41, 5.74) is 0.494. The Kier molecular flexibility index (Phi) is 5.18. The van der Waals surface area contributed by atoms with Gasteiger partial charge in [-0.25, -0.2) is 0 Å². The molecule has 0 aliphatic carbocycles. The molecule has 3 heterocycles. The number of carbonyl (C=O) groups is 2. The van der Waals surface area contributed by atoms with Crippen molar-refractivity contribution in [1.29, 1.82) is 0 Å². The zero-order valence-corrected chi connectivity index (χ0v) is 15.5. The Labute approximate surface area is 149 Å². The summed E-state index contributed by atoms with van der Waals surface area (Å²) in [5, 5.41) is 3.00. The maximum Gasteiger partial charge on any atom is 0.267 e. The summed E-state index contributed by atoms with van der Waals surface area (Å²) in [6.45, 7) is 6.93. The average molecular weight is 347 g/mol. The van der Waals surface area contributed by atoms with Gasteiger partial charge >= 0.3 is 0 Å². The molecule has 1 spiro atoms. The number of rotatable bonds is 6. The van der Waals surface area contributed by atoms with Crippen molar-refractivity contribution in [2.45, 2.75) is 38.7 Å². The molecule has 2 fully saturated rings. The van der Waals surface area contributed by atoms with Gasteiger partial charge in [-0.3, -0.25) is 9.59 Å². The molecule has 6 nitrogen and oxygen atoms in total. The molecule has 1 N–H and O–H groups in total. The average Bonchev–Trinajstić information content (AvgIpc) is 3.11. The van der Waals surface area contributed by atoms with Gasteiger partial charge in [-0.15, -0.1) is 0 Å². The topological polar surface area (TPSA) is 63.6 Å². The van der Waals surface area contributed by atoms with Gasteiger partial charge in [0.25, 0.3) is 5.91 Å². The fourth-order valence-corrected chi connectivity index (χ4v) is 3.94. The van der Waals surface area contributed by atoms with Crippen molar-refractivity contribution in [3.8, 4) is 0 Å². The SMILES string of the molecule is CC(C)CC(=O)N1CC2(C1)OCC[C@@H]2CCNC(=O)c1cccn1C. The molecule has 2 aliphatic rings. The Morgan fingerprint density at radius 2 is 2.16 bits per heavy atom. The fourth-order valence-electron chi connectivity index (χ4n) is 3.94. The summed E-state index contributed by atoms with van der Waals surface area (Å²) in [7, 11) is 1.87. The molecular formula is C19H29N3O3. The number of ether oxygens (including phenoxy) is 1. The zero-order valence-electron chi connectivity index (χ0n) is 15.5. The monoisotopic (exact) mass is 347 g/mol. The van der Waals surface area contributed by atoms with Crippen LogP contribution in [0.1, 0.15) is 43.6 Å². The van der Waals surface area contributed by atoms with Gasteiger partial charge in [0.2, 0.25) is 5.91 Å². The van der Waals surface area contributed by atoms with Gasteiger partial charge in [0.1, 0.15) is 11.3 Å². The molecular weight excluding hydrogens is 318 g/mol. The lowest BCUT2D eigenvalue weighted by molar-refractivity contribution is -0.166. The highest BCUT2D eigenvalue weighted by Crippen LogP contribution is 2.41. The molecule has 2 aliphatic heterocycles. The second-order valence-corrected chi connectivity index (χ2v) is 7.80. The molecule has 1 aromatic rings. The normalized spacial score (nSPS) is 21.6. The minimum atomic E-state index is -0.178. The highest BCUT2D eigenvalue weighted by Gasteiger charge is 2.53. The third-order valence-corrected chi connectivity index (χ3v) is 5.41. The van der Waals surface area contributed by atoms with Gasteiger partial charge in [-0.1, -0.05) is 13.8 Å². The maximum atomic E-state index is 12.2. The molecule has 0 aromatic carbocycles. The van der Waals surface area contributed by atoms with E-state index in [9.17, 15) is 9.59 Å². The fraction of sp³-hybridized carbons (Fsp3) is 0.684. The summed E-state index contributed by atoms with van der Waals surface area (Å²) < 4.78 is 7.83. The smallest absolute Gasteiger partial charge is 0.267 e. The van der Waals surface area contributed by atoms with E-state index in [0.717, 1.165) is 19.4 Å². The first-order chi connectivity index (χ1) is 11.9. The van der Waals surface area contributed by atoms with E-state index in [1.807, 2.05) is 34.8 Å². The van der Waals surface area contributed by atoms with Gasteiger partial charge in [-0.2, -0.15) is 0 Å². The molecule has 1 atom stereocenters. The number of amides is 2. The Hall–Kier alpha value is -1.82. The lowest BCUT2D eigenvalue weighted by Gasteiger charge is -2.50. The Morgan fingerprint density at radius 1 is 1.40 bits per heavy atom. The van der Waals surface area contributed by atoms with Gasteiger partial charge in [0, 0.05) is 32.8 Å². The summed E-state index contributed by atoms with van der Waals surface area (Å²) >= 11 is 0. The van der Waals surface area contributed by atoms with Crippen molar-refractivity contribution in [2.75, 3.05) is 26.2 Å². The summed E-state index contributed by atoms with van der Waals surface area (Å²) in [4.78, 5) is 26.3. The van der Waals surface area contributed by atoms with Crippen molar-refractivity contribution in [3.63, 3.8) is 0 Å². The summed E-state index contributed by atoms with van der Waals surface area (Å²) in [5.74, 6) is 0.982. The summed E-state index contributed by atoms with van der Waals surface area (Å²) in [6, 6.07) is 3.69. The van der Waals surface area contributed by atoms with Crippen LogP contribution in [0.3, 0.4) is 0 Å². The molecule has 0 saturated carbocycles. The van der Waals surface area contributed by atoms with E-state index in [1.165, 1.54) is 0 Å². The lowest BCUT2D eigenvalue weighted by atomic mass is 9.78. The van der Waals surface area contributed by atoms with Crippen LogP contribution in [-0.2, 0) is 16.6 Å². The van der Waals surface area contributed by atoms with Crippen LogP contribution >= 0.6 is 0 Å². The standard InChI is InChI=1S/C19H29N3O3/c1-14(2)11-17(23)22-12-19(13-22)15(7-10-25-19)6-8-20-18(24)16-5-4-9-21(16)3/h4-5,9,14-15H,6-8,10-13H2,1-3H3,(H,20,24)/t15-/m0/s1. The van der Waals surface area contributed by atoms with Crippen LogP contribution in [0.5, 0.6) is 0 Å². The van der Waals surface area contributed by atoms with Crippen LogP contribution in [-0.4, -0.2) is 53.1 Å². The number of nitrogens with one attached hydrogen (secondary N) is 1. The van der Waals surface area contributed by atoms with E-state index in [-0.39, 0.29) is 17.4 Å². The number of aryl methyl sites for hydroxylation is 1. The van der Waals surface area contributed by atoms with Crippen molar-refractivity contribution in [1.82, 2.24) is 14.8 Å². The van der Waals surface area contributed by atoms with Crippen molar-refractivity contribution in [2.24, 2.45) is 18.9 Å². The lowest BCUT2D eigenvalue weighted by Crippen LogP contribution is -2.66.